The van der Waals surface area contributed by atoms with Crippen LogP contribution in [0.5, 0.6) is 11.6 Å². The number of aromatic nitrogens is 2. The summed E-state index contributed by atoms with van der Waals surface area (Å²) in [6, 6.07) is 4.64. The van der Waals surface area contributed by atoms with Crippen LogP contribution < -0.4 is 10.5 Å². The molecule has 0 aliphatic rings. The van der Waals surface area contributed by atoms with Crippen molar-refractivity contribution in [3.63, 3.8) is 0 Å². The zero-order chi connectivity index (χ0) is 13.1. The van der Waals surface area contributed by atoms with E-state index in [0.29, 0.717) is 5.56 Å². The van der Waals surface area contributed by atoms with E-state index in [4.69, 9.17) is 10.5 Å². The summed E-state index contributed by atoms with van der Waals surface area (Å²) in [6.45, 7) is 1.70. The number of ether oxygens (including phenoxy) is 1. The molecule has 0 aliphatic carbocycles. The topological polar surface area (TPSA) is 104 Å². The van der Waals surface area contributed by atoms with Gasteiger partial charge in [0, 0.05) is 18.5 Å². The van der Waals surface area contributed by atoms with Crippen LogP contribution in [0.2, 0.25) is 0 Å². The van der Waals surface area contributed by atoms with Crippen molar-refractivity contribution in [1.82, 2.24) is 9.97 Å². The van der Waals surface area contributed by atoms with Gasteiger partial charge < -0.3 is 10.5 Å². The van der Waals surface area contributed by atoms with Crippen LogP contribution in [0.3, 0.4) is 0 Å². The number of nitrogens with two attached hydrogens (primary N) is 1. The molecule has 0 spiro atoms. The Balaban J connectivity index is 2.46. The average Bonchev–Trinajstić information content (AvgIpc) is 2.34. The van der Waals surface area contributed by atoms with E-state index in [0.717, 1.165) is 0 Å². The molecule has 0 bridgehead atoms. The summed E-state index contributed by atoms with van der Waals surface area (Å²) in [6.07, 6.45) is 2.81. The normalized spacial score (nSPS) is 10.1. The molecule has 1 aromatic carbocycles. The summed E-state index contributed by atoms with van der Waals surface area (Å²) in [5, 5.41) is 10.9. The molecule has 1 heterocycles. The molecular formula is C11H10N4O3. The minimum Gasteiger partial charge on any atom is -0.428 e. The third-order valence-corrected chi connectivity index (χ3v) is 2.28. The summed E-state index contributed by atoms with van der Waals surface area (Å²) in [7, 11) is 0. The predicted molar refractivity (Wildman–Crippen MR) is 64.4 cm³/mol. The molecule has 1 aromatic heterocycles. The van der Waals surface area contributed by atoms with Crippen molar-refractivity contribution in [1.29, 1.82) is 0 Å². The summed E-state index contributed by atoms with van der Waals surface area (Å²) in [5.41, 5.74) is 6.06. The van der Waals surface area contributed by atoms with Gasteiger partial charge in [0.2, 0.25) is 5.75 Å². The van der Waals surface area contributed by atoms with Gasteiger partial charge in [-0.05, 0) is 12.5 Å². The van der Waals surface area contributed by atoms with Crippen LogP contribution in [0.4, 0.5) is 11.5 Å². The van der Waals surface area contributed by atoms with Crippen molar-refractivity contribution >= 4 is 11.5 Å². The van der Waals surface area contributed by atoms with Crippen molar-refractivity contribution in [2.75, 3.05) is 5.73 Å². The lowest BCUT2D eigenvalue weighted by molar-refractivity contribution is -0.385. The van der Waals surface area contributed by atoms with Crippen LogP contribution in [0, 0.1) is 17.0 Å². The number of nitrogens with zero attached hydrogens (tertiary/aromatic N) is 3. The number of nitrogen functional groups attached to an aromatic ring is 1. The second kappa shape index (κ2) is 4.66. The summed E-state index contributed by atoms with van der Waals surface area (Å²) >= 11 is 0. The summed E-state index contributed by atoms with van der Waals surface area (Å²) < 4.78 is 5.39. The van der Waals surface area contributed by atoms with Crippen molar-refractivity contribution in [2.45, 2.75) is 6.92 Å². The molecule has 0 radical (unpaired) electrons. The Kier molecular flexibility index (Phi) is 3.05. The van der Waals surface area contributed by atoms with Gasteiger partial charge >= 0.3 is 5.69 Å². The molecule has 92 valence electrons. The van der Waals surface area contributed by atoms with Crippen molar-refractivity contribution in [3.05, 3.63) is 46.3 Å². The maximum absolute atomic E-state index is 10.9. The highest BCUT2D eigenvalue weighted by atomic mass is 16.6. The number of nitro benzene ring substituents is 1. The first-order valence-electron chi connectivity index (χ1n) is 5.08. The number of nitro groups is 1. The van der Waals surface area contributed by atoms with E-state index in [9.17, 15) is 10.1 Å². The maximum Gasteiger partial charge on any atom is 0.311 e. The quantitative estimate of drug-likeness (QED) is 0.656. The number of anilines is 1. The third kappa shape index (κ3) is 2.19. The van der Waals surface area contributed by atoms with Gasteiger partial charge in [0.1, 0.15) is 0 Å². The first-order chi connectivity index (χ1) is 8.59. The second-order valence-corrected chi connectivity index (χ2v) is 3.53. The average molecular weight is 246 g/mol. The fraction of sp³-hybridized carbons (Fsp3) is 0.0909. The van der Waals surface area contributed by atoms with E-state index in [-0.39, 0.29) is 23.1 Å². The monoisotopic (exact) mass is 246 g/mol. The van der Waals surface area contributed by atoms with Crippen molar-refractivity contribution < 1.29 is 9.66 Å². The molecule has 0 unspecified atom stereocenters. The Labute approximate surface area is 102 Å². The lowest BCUT2D eigenvalue weighted by atomic mass is 10.2. The molecule has 7 heteroatoms. The highest BCUT2D eigenvalue weighted by Crippen LogP contribution is 2.34. The molecule has 18 heavy (non-hydrogen) atoms. The van der Waals surface area contributed by atoms with Gasteiger partial charge in [0.25, 0.3) is 5.88 Å². The molecule has 0 atom stereocenters. The lowest BCUT2D eigenvalue weighted by Crippen LogP contribution is -2.00. The molecule has 0 fully saturated rings. The molecule has 2 aromatic rings. The van der Waals surface area contributed by atoms with E-state index in [2.05, 4.69) is 9.97 Å². The number of hydrogen-bond acceptors (Lipinski definition) is 6. The van der Waals surface area contributed by atoms with Gasteiger partial charge in [-0.2, -0.15) is 0 Å². The van der Waals surface area contributed by atoms with Gasteiger partial charge in [0.15, 0.2) is 5.82 Å². The smallest absolute Gasteiger partial charge is 0.311 e. The van der Waals surface area contributed by atoms with Gasteiger partial charge in [-0.25, -0.2) is 9.97 Å². The second-order valence-electron chi connectivity index (χ2n) is 3.53. The van der Waals surface area contributed by atoms with Crippen LogP contribution in [-0.2, 0) is 0 Å². The minimum absolute atomic E-state index is 0.0508. The number of aryl methyl sites for hydroxylation is 1. The third-order valence-electron chi connectivity index (χ3n) is 2.28. The fourth-order valence-electron chi connectivity index (χ4n) is 1.42. The molecule has 0 saturated carbocycles. The summed E-state index contributed by atoms with van der Waals surface area (Å²) in [4.78, 5) is 18.1. The standard InChI is InChI=1S/C11H10N4O3/c1-7-3-2-4-8(15(16)17)9(7)18-11-10(12)13-5-6-14-11/h2-6H,1H3,(H2,12,13). The van der Waals surface area contributed by atoms with Gasteiger partial charge in [-0.3, -0.25) is 10.1 Å². The Morgan fingerprint density at radius 2 is 2.06 bits per heavy atom. The van der Waals surface area contributed by atoms with Gasteiger partial charge in [-0.1, -0.05) is 12.1 Å². The molecule has 7 nitrogen and oxygen atoms in total. The molecule has 2 N–H and O–H groups in total. The van der Waals surface area contributed by atoms with Crippen LogP contribution in [0.1, 0.15) is 5.56 Å². The Morgan fingerprint density at radius 1 is 1.33 bits per heavy atom. The largest absolute Gasteiger partial charge is 0.428 e. The Bertz CT molecular complexity index is 601. The molecule has 0 saturated heterocycles. The van der Waals surface area contributed by atoms with Crippen LogP contribution in [0.15, 0.2) is 30.6 Å². The van der Waals surface area contributed by atoms with Crippen LogP contribution >= 0.6 is 0 Å². The molecule has 0 amide bonds. The highest BCUT2D eigenvalue weighted by Gasteiger charge is 2.19. The zero-order valence-electron chi connectivity index (χ0n) is 9.53. The fourth-order valence-corrected chi connectivity index (χ4v) is 1.42. The minimum atomic E-state index is -0.519. The highest BCUT2D eigenvalue weighted by molar-refractivity contribution is 5.54. The van der Waals surface area contributed by atoms with Crippen LogP contribution in [-0.4, -0.2) is 14.9 Å². The summed E-state index contributed by atoms with van der Waals surface area (Å²) in [5.74, 6) is 0.250. The van der Waals surface area contributed by atoms with E-state index >= 15 is 0 Å². The predicted octanol–water partition coefficient (Wildman–Crippen LogP) is 2.07. The Morgan fingerprint density at radius 3 is 2.72 bits per heavy atom. The number of hydrogen-bond donors (Lipinski definition) is 1. The van der Waals surface area contributed by atoms with E-state index in [1.54, 1.807) is 19.1 Å². The van der Waals surface area contributed by atoms with Crippen molar-refractivity contribution in [3.8, 4) is 11.6 Å². The van der Waals surface area contributed by atoms with E-state index < -0.39 is 4.92 Å². The Hall–Kier alpha value is -2.70. The number of para-hydroxylation sites is 1. The lowest BCUT2D eigenvalue weighted by Gasteiger charge is -2.08. The first-order valence-corrected chi connectivity index (χ1v) is 5.08. The molecular weight excluding hydrogens is 236 g/mol. The number of rotatable bonds is 3. The van der Waals surface area contributed by atoms with Crippen LogP contribution in [0.25, 0.3) is 0 Å². The van der Waals surface area contributed by atoms with Crippen molar-refractivity contribution in [2.24, 2.45) is 0 Å². The first kappa shape index (κ1) is 11.8. The molecule has 2 rings (SSSR count). The SMILES string of the molecule is Cc1cccc([N+](=O)[O-])c1Oc1nccnc1N. The molecule has 0 aliphatic heterocycles. The van der Waals surface area contributed by atoms with Gasteiger partial charge in [-0.15, -0.1) is 0 Å². The number of benzene rings is 1. The van der Waals surface area contributed by atoms with E-state index in [1.165, 1.54) is 18.5 Å². The van der Waals surface area contributed by atoms with Gasteiger partial charge in [0.05, 0.1) is 4.92 Å². The zero-order valence-corrected chi connectivity index (χ0v) is 9.53. The maximum atomic E-state index is 10.9. The van der Waals surface area contributed by atoms with E-state index in [1.807, 2.05) is 0 Å².